The topological polar surface area (TPSA) is 36.4 Å². The molecule has 0 unspecified atom stereocenters. The van der Waals surface area contributed by atoms with E-state index in [1.54, 1.807) is 0 Å². The summed E-state index contributed by atoms with van der Waals surface area (Å²) in [6, 6.07) is 8.59. The molecule has 102 valence electrons. The van der Waals surface area contributed by atoms with Crippen molar-refractivity contribution in [3.8, 4) is 0 Å². The number of hydrogen-bond donors (Lipinski definition) is 2. The molecule has 1 aromatic carbocycles. The van der Waals surface area contributed by atoms with Gasteiger partial charge in [0, 0.05) is 17.1 Å². The van der Waals surface area contributed by atoms with Gasteiger partial charge in [-0.15, -0.1) is 24.0 Å². The maximum absolute atomic E-state index is 4.54. The lowest BCUT2D eigenvalue weighted by atomic mass is 10.2. The molecular formula is C13H21BrIN3. The molecule has 0 aliphatic rings. The van der Waals surface area contributed by atoms with Gasteiger partial charge < -0.3 is 10.6 Å². The van der Waals surface area contributed by atoms with Crippen molar-refractivity contribution in [3.63, 3.8) is 0 Å². The number of nitrogens with one attached hydrogen (secondary N) is 2. The summed E-state index contributed by atoms with van der Waals surface area (Å²) in [4.78, 5) is 4.54. The Hall–Kier alpha value is -0.300. The SMILES string of the molecule is CCNC(=NCc1cccc(Br)c1)NC(C)C.I. The molecule has 0 spiro atoms. The molecule has 0 heterocycles. The summed E-state index contributed by atoms with van der Waals surface area (Å²) < 4.78 is 1.09. The molecular weight excluding hydrogens is 405 g/mol. The van der Waals surface area contributed by atoms with Gasteiger partial charge in [-0.2, -0.15) is 0 Å². The third-order valence-corrected chi connectivity index (χ3v) is 2.57. The molecule has 0 aliphatic carbocycles. The average molecular weight is 426 g/mol. The maximum atomic E-state index is 4.54. The van der Waals surface area contributed by atoms with Gasteiger partial charge in [-0.05, 0) is 38.5 Å². The molecule has 0 radical (unpaired) electrons. The highest BCUT2D eigenvalue weighted by Gasteiger charge is 1.99. The van der Waals surface area contributed by atoms with Crippen LogP contribution in [0.1, 0.15) is 26.3 Å². The van der Waals surface area contributed by atoms with Crippen molar-refractivity contribution >= 4 is 45.9 Å². The van der Waals surface area contributed by atoms with Crippen LogP contribution in [0.3, 0.4) is 0 Å². The summed E-state index contributed by atoms with van der Waals surface area (Å²) in [5.74, 6) is 0.863. The van der Waals surface area contributed by atoms with Gasteiger partial charge in [0.25, 0.3) is 0 Å². The molecule has 1 rings (SSSR count). The second kappa shape index (κ2) is 9.61. The molecule has 0 atom stereocenters. The Labute approximate surface area is 135 Å². The van der Waals surface area contributed by atoms with Crippen LogP contribution < -0.4 is 10.6 Å². The van der Waals surface area contributed by atoms with Crippen LogP contribution >= 0.6 is 39.9 Å². The molecule has 0 aromatic heterocycles. The minimum absolute atomic E-state index is 0. The maximum Gasteiger partial charge on any atom is 0.191 e. The van der Waals surface area contributed by atoms with Crippen molar-refractivity contribution < 1.29 is 0 Å². The molecule has 2 N–H and O–H groups in total. The summed E-state index contributed by atoms with van der Waals surface area (Å²) in [5, 5.41) is 6.52. The quantitative estimate of drug-likeness (QED) is 0.439. The van der Waals surface area contributed by atoms with E-state index in [1.807, 2.05) is 12.1 Å². The minimum Gasteiger partial charge on any atom is -0.357 e. The van der Waals surface area contributed by atoms with Gasteiger partial charge in [0.2, 0.25) is 0 Å². The van der Waals surface area contributed by atoms with E-state index in [2.05, 4.69) is 64.5 Å². The highest BCUT2D eigenvalue weighted by molar-refractivity contribution is 14.0. The standard InChI is InChI=1S/C13H20BrN3.HI/c1-4-15-13(17-10(2)3)16-9-11-6-5-7-12(14)8-11;/h5-8,10H,4,9H2,1-3H3,(H2,15,16,17);1H. The van der Waals surface area contributed by atoms with E-state index in [-0.39, 0.29) is 24.0 Å². The molecule has 0 amide bonds. The minimum atomic E-state index is 0. The fourth-order valence-corrected chi connectivity index (χ4v) is 1.85. The zero-order chi connectivity index (χ0) is 12.7. The average Bonchev–Trinajstić information content (AvgIpc) is 2.26. The van der Waals surface area contributed by atoms with Crippen molar-refractivity contribution in [2.45, 2.75) is 33.4 Å². The van der Waals surface area contributed by atoms with Crippen LogP contribution in [0.2, 0.25) is 0 Å². The molecule has 18 heavy (non-hydrogen) atoms. The number of rotatable bonds is 4. The zero-order valence-electron chi connectivity index (χ0n) is 11.0. The van der Waals surface area contributed by atoms with Crippen LogP contribution in [0.5, 0.6) is 0 Å². The molecule has 3 nitrogen and oxygen atoms in total. The van der Waals surface area contributed by atoms with Crippen LogP contribution in [-0.4, -0.2) is 18.5 Å². The van der Waals surface area contributed by atoms with Crippen molar-refractivity contribution in [1.29, 1.82) is 0 Å². The van der Waals surface area contributed by atoms with Crippen LogP contribution in [0, 0.1) is 0 Å². The van der Waals surface area contributed by atoms with Gasteiger partial charge in [-0.1, -0.05) is 28.1 Å². The Morgan fingerprint density at radius 1 is 1.39 bits per heavy atom. The number of halogens is 2. The first-order valence-corrected chi connectivity index (χ1v) is 6.70. The van der Waals surface area contributed by atoms with Gasteiger partial charge in [0.05, 0.1) is 6.54 Å². The van der Waals surface area contributed by atoms with Gasteiger partial charge in [0.1, 0.15) is 0 Å². The van der Waals surface area contributed by atoms with Crippen molar-refractivity contribution in [2.24, 2.45) is 4.99 Å². The largest absolute Gasteiger partial charge is 0.357 e. The fraction of sp³-hybridized carbons (Fsp3) is 0.462. The summed E-state index contributed by atoms with van der Waals surface area (Å²) in [5.41, 5.74) is 1.19. The van der Waals surface area contributed by atoms with Gasteiger partial charge in [0.15, 0.2) is 5.96 Å². The Bertz CT molecular complexity index is 380. The Balaban J connectivity index is 0.00000289. The van der Waals surface area contributed by atoms with Crippen LogP contribution in [-0.2, 0) is 6.54 Å². The van der Waals surface area contributed by atoms with E-state index in [9.17, 15) is 0 Å². The first kappa shape index (κ1) is 17.7. The number of aliphatic imine (C=N–C) groups is 1. The predicted octanol–water partition coefficient (Wildman–Crippen LogP) is 3.53. The molecule has 0 bridgehead atoms. The molecule has 1 aromatic rings. The lowest BCUT2D eigenvalue weighted by Gasteiger charge is -2.13. The zero-order valence-corrected chi connectivity index (χ0v) is 15.0. The highest BCUT2D eigenvalue weighted by Crippen LogP contribution is 2.12. The van der Waals surface area contributed by atoms with Crippen LogP contribution in [0.15, 0.2) is 33.7 Å². The first-order valence-electron chi connectivity index (χ1n) is 5.91. The summed E-state index contributed by atoms with van der Waals surface area (Å²) in [6.45, 7) is 7.83. The number of hydrogen-bond acceptors (Lipinski definition) is 1. The van der Waals surface area contributed by atoms with Gasteiger partial charge >= 0.3 is 0 Å². The van der Waals surface area contributed by atoms with E-state index >= 15 is 0 Å². The number of nitrogens with zero attached hydrogens (tertiary/aromatic N) is 1. The van der Waals surface area contributed by atoms with E-state index in [0.717, 1.165) is 17.0 Å². The normalized spacial score (nSPS) is 11.1. The van der Waals surface area contributed by atoms with Crippen molar-refractivity contribution in [1.82, 2.24) is 10.6 Å². The second-order valence-electron chi connectivity index (χ2n) is 4.12. The monoisotopic (exact) mass is 425 g/mol. The summed E-state index contributed by atoms with van der Waals surface area (Å²) >= 11 is 3.46. The summed E-state index contributed by atoms with van der Waals surface area (Å²) in [6.07, 6.45) is 0. The third-order valence-electron chi connectivity index (χ3n) is 2.08. The Kier molecular flexibility index (Phi) is 9.45. The molecule has 0 saturated heterocycles. The lowest BCUT2D eigenvalue weighted by molar-refractivity contribution is 0.700. The van der Waals surface area contributed by atoms with E-state index in [4.69, 9.17) is 0 Å². The second-order valence-corrected chi connectivity index (χ2v) is 5.04. The molecule has 0 aliphatic heterocycles. The highest BCUT2D eigenvalue weighted by atomic mass is 127. The van der Waals surface area contributed by atoms with Gasteiger partial charge in [-0.3, -0.25) is 0 Å². The van der Waals surface area contributed by atoms with E-state index < -0.39 is 0 Å². The Morgan fingerprint density at radius 3 is 2.67 bits per heavy atom. The van der Waals surface area contributed by atoms with E-state index in [0.29, 0.717) is 12.6 Å². The van der Waals surface area contributed by atoms with Crippen LogP contribution in [0.25, 0.3) is 0 Å². The van der Waals surface area contributed by atoms with Crippen LogP contribution in [0.4, 0.5) is 0 Å². The molecule has 0 fully saturated rings. The number of benzene rings is 1. The number of guanidine groups is 1. The first-order chi connectivity index (χ1) is 8.11. The fourth-order valence-electron chi connectivity index (χ4n) is 1.40. The molecule has 5 heteroatoms. The van der Waals surface area contributed by atoms with Crippen molar-refractivity contribution in [3.05, 3.63) is 34.3 Å². The van der Waals surface area contributed by atoms with Crippen molar-refractivity contribution in [2.75, 3.05) is 6.54 Å². The lowest BCUT2D eigenvalue weighted by Crippen LogP contribution is -2.40. The summed E-state index contributed by atoms with van der Waals surface area (Å²) in [7, 11) is 0. The third kappa shape index (κ3) is 7.20. The smallest absolute Gasteiger partial charge is 0.191 e. The predicted molar refractivity (Wildman–Crippen MR) is 92.6 cm³/mol. The Morgan fingerprint density at radius 2 is 2.11 bits per heavy atom. The van der Waals surface area contributed by atoms with Gasteiger partial charge in [-0.25, -0.2) is 4.99 Å². The molecule has 0 saturated carbocycles. The van der Waals surface area contributed by atoms with E-state index in [1.165, 1.54) is 5.56 Å².